The minimum atomic E-state index is 0.495. The molecule has 1 rings (SSSR count). The zero-order valence-electron chi connectivity index (χ0n) is 6.63. The molecule has 12 heavy (non-hydrogen) atoms. The summed E-state index contributed by atoms with van der Waals surface area (Å²) in [6, 6.07) is 0. The molecule has 0 saturated heterocycles. The average molecular weight is 182 g/mol. The smallest absolute Gasteiger partial charge is 0.204 e. The van der Waals surface area contributed by atoms with Gasteiger partial charge in [0.05, 0.1) is 24.0 Å². The lowest BCUT2D eigenvalue weighted by atomic mass is 10.5. The number of hydrogen-bond donors (Lipinski definition) is 1. The number of rotatable bonds is 1. The highest BCUT2D eigenvalue weighted by Gasteiger charge is 1.88. The van der Waals surface area contributed by atoms with Gasteiger partial charge in [0.2, 0.25) is 5.82 Å². The summed E-state index contributed by atoms with van der Waals surface area (Å²) in [5.74, 6) is 6.12. The standard InChI is InChI=1S/C8H8ClN3/c1-10-4-2-3-8-11-5-7(9)6-12-8/h5-6,10H,4H2,1H3. The largest absolute Gasteiger partial charge is 0.309 e. The van der Waals surface area contributed by atoms with Crippen molar-refractivity contribution in [1.29, 1.82) is 0 Å². The molecule has 0 bridgehead atoms. The third-order valence-electron chi connectivity index (χ3n) is 1.09. The number of aromatic nitrogens is 2. The van der Waals surface area contributed by atoms with Crippen molar-refractivity contribution in [3.05, 3.63) is 23.2 Å². The van der Waals surface area contributed by atoms with Crippen molar-refractivity contribution >= 4 is 11.6 Å². The SMILES string of the molecule is CNCC#Cc1ncc(Cl)cn1. The fourth-order valence-corrected chi connectivity index (χ4v) is 0.686. The van der Waals surface area contributed by atoms with Gasteiger partial charge in [0, 0.05) is 0 Å². The van der Waals surface area contributed by atoms with E-state index >= 15 is 0 Å². The monoisotopic (exact) mass is 181 g/mol. The molecule has 0 radical (unpaired) electrons. The Balaban J connectivity index is 2.66. The third-order valence-corrected chi connectivity index (χ3v) is 1.28. The Morgan fingerprint density at radius 2 is 2.17 bits per heavy atom. The van der Waals surface area contributed by atoms with Gasteiger partial charge in [-0.25, -0.2) is 9.97 Å². The second-order valence-corrected chi connectivity index (χ2v) is 2.49. The number of halogens is 1. The molecular weight excluding hydrogens is 174 g/mol. The maximum Gasteiger partial charge on any atom is 0.204 e. The van der Waals surface area contributed by atoms with Crippen molar-refractivity contribution < 1.29 is 0 Å². The minimum Gasteiger partial charge on any atom is -0.309 e. The van der Waals surface area contributed by atoms with E-state index in [-0.39, 0.29) is 0 Å². The fourth-order valence-electron chi connectivity index (χ4n) is 0.588. The Hall–Kier alpha value is -1.11. The second-order valence-electron chi connectivity index (χ2n) is 2.06. The van der Waals surface area contributed by atoms with Crippen molar-refractivity contribution in [2.45, 2.75) is 0 Å². The van der Waals surface area contributed by atoms with Gasteiger partial charge >= 0.3 is 0 Å². The Bertz CT molecular complexity index is 296. The summed E-state index contributed by atoms with van der Waals surface area (Å²) in [7, 11) is 1.83. The first-order valence-corrected chi connectivity index (χ1v) is 3.82. The minimum absolute atomic E-state index is 0.495. The Morgan fingerprint density at radius 3 is 2.75 bits per heavy atom. The molecule has 1 N–H and O–H groups in total. The summed E-state index contributed by atoms with van der Waals surface area (Å²) < 4.78 is 0. The van der Waals surface area contributed by atoms with Gasteiger partial charge in [-0.3, -0.25) is 0 Å². The van der Waals surface area contributed by atoms with Crippen LogP contribution in [0, 0.1) is 11.8 Å². The molecule has 0 aliphatic heterocycles. The van der Waals surface area contributed by atoms with Crippen molar-refractivity contribution in [2.75, 3.05) is 13.6 Å². The molecule has 0 unspecified atom stereocenters. The van der Waals surface area contributed by atoms with Crippen LogP contribution < -0.4 is 5.32 Å². The predicted octanol–water partition coefficient (Wildman–Crippen LogP) is 0.701. The van der Waals surface area contributed by atoms with E-state index < -0.39 is 0 Å². The molecule has 1 aromatic heterocycles. The third kappa shape index (κ3) is 2.87. The molecule has 0 aromatic carbocycles. The summed E-state index contributed by atoms with van der Waals surface area (Å²) in [4.78, 5) is 7.81. The first kappa shape index (κ1) is 8.98. The lowest BCUT2D eigenvalue weighted by molar-refractivity contribution is 0.937. The van der Waals surface area contributed by atoms with E-state index in [4.69, 9.17) is 11.6 Å². The van der Waals surface area contributed by atoms with E-state index in [9.17, 15) is 0 Å². The molecule has 0 atom stereocenters. The molecule has 3 nitrogen and oxygen atoms in total. The molecule has 0 saturated carbocycles. The lowest BCUT2D eigenvalue weighted by Crippen LogP contribution is -2.04. The van der Waals surface area contributed by atoms with E-state index in [1.54, 1.807) is 0 Å². The van der Waals surface area contributed by atoms with E-state index in [0.717, 1.165) is 0 Å². The van der Waals surface area contributed by atoms with Crippen molar-refractivity contribution in [1.82, 2.24) is 15.3 Å². The molecule has 0 spiro atoms. The Morgan fingerprint density at radius 1 is 1.50 bits per heavy atom. The summed E-state index contributed by atoms with van der Waals surface area (Å²) >= 11 is 5.59. The zero-order valence-corrected chi connectivity index (χ0v) is 7.39. The van der Waals surface area contributed by atoms with Gasteiger partial charge < -0.3 is 5.32 Å². The number of nitrogens with zero attached hydrogens (tertiary/aromatic N) is 2. The van der Waals surface area contributed by atoms with Crippen LogP contribution in [0.4, 0.5) is 0 Å². The van der Waals surface area contributed by atoms with Gasteiger partial charge in [-0.15, -0.1) is 0 Å². The molecule has 62 valence electrons. The van der Waals surface area contributed by atoms with Crippen molar-refractivity contribution in [3.8, 4) is 11.8 Å². The van der Waals surface area contributed by atoms with Crippen LogP contribution in [0.5, 0.6) is 0 Å². The van der Waals surface area contributed by atoms with E-state index in [1.165, 1.54) is 12.4 Å². The van der Waals surface area contributed by atoms with Crippen LogP contribution in [-0.2, 0) is 0 Å². The Labute approximate surface area is 76.2 Å². The fraction of sp³-hybridized carbons (Fsp3) is 0.250. The van der Waals surface area contributed by atoms with Gasteiger partial charge in [-0.1, -0.05) is 17.5 Å². The van der Waals surface area contributed by atoms with Crippen molar-refractivity contribution in [2.24, 2.45) is 0 Å². The summed E-state index contributed by atoms with van der Waals surface area (Å²) in [5.41, 5.74) is 0. The second kappa shape index (κ2) is 4.70. The summed E-state index contributed by atoms with van der Waals surface area (Å²) in [6.07, 6.45) is 3.05. The molecule has 0 aliphatic rings. The maximum atomic E-state index is 5.59. The molecule has 1 aromatic rings. The molecule has 1 heterocycles. The normalized spacial score (nSPS) is 8.83. The van der Waals surface area contributed by atoms with Crippen LogP contribution >= 0.6 is 11.6 Å². The summed E-state index contributed by atoms with van der Waals surface area (Å²) in [6.45, 7) is 0.631. The van der Waals surface area contributed by atoms with Crippen LogP contribution in [-0.4, -0.2) is 23.6 Å². The highest BCUT2D eigenvalue weighted by atomic mass is 35.5. The highest BCUT2D eigenvalue weighted by molar-refractivity contribution is 6.30. The Kier molecular flexibility index (Phi) is 3.52. The molecule has 0 fully saturated rings. The lowest BCUT2D eigenvalue weighted by Gasteiger charge is -1.88. The van der Waals surface area contributed by atoms with Crippen LogP contribution in [0.25, 0.3) is 0 Å². The first-order chi connectivity index (χ1) is 5.83. The van der Waals surface area contributed by atoms with Gasteiger partial charge in [-0.2, -0.15) is 0 Å². The van der Waals surface area contributed by atoms with E-state index in [2.05, 4.69) is 27.1 Å². The first-order valence-electron chi connectivity index (χ1n) is 3.44. The van der Waals surface area contributed by atoms with Crippen LogP contribution in [0.15, 0.2) is 12.4 Å². The van der Waals surface area contributed by atoms with E-state index in [1.807, 2.05) is 7.05 Å². The van der Waals surface area contributed by atoms with Gasteiger partial charge in [-0.05, 0) is 13.0 Å². The van der Waals surface area contributed by atoms with E-state index in [0.29, 0.717) is 17.4 Å². The molecule has 0 aliphatic carbocycles. The highest BCUT2D eigenvalue weighted by Crippen LogP contribution is 2.01. The van der Waals surface area contributed by atoms with Crippen LogP contribution in [0.2, 0.25) is 5.02 Å². The van der Waals surface area contributed by atoms with Gasteiger partial charge in [0.25, 0.3) is 0 Å². The van der Waals surface area contributed by atoms with Gasteiger partial charge in [0.1, 0.15) is 0 Å². The number of hydrogen-bond acceptors (Lipinski definition) is 3. The van der Waals surface area contributed by atoms with Gasteiger partial charge in [0.15, 0.2) is 0 Å². The number of nitrogens with one attached hydrogen (secondary N) is 1. The van der Waals surface area contributed by atoms with Crippen LogP contribution in [0.3, 0.4) is 0 Å². The molecule has 0 amide bonds. The zero-order chi connectivity index (χ0) is 8.81. The average Bonchev–Trinajstić information content (AvgIpc) is 2.09. The quantitative estimate of drug-likeness (QED) is 0.649. The summed E-state index contributed by atoms with van der Waals surface area (Å²) in [5, 5.41) is 3.42. The molecule has 4 heteroatoms. The topological polar surface area (TPSA) is 37.8 Å². The molecular formula is C8H8ClN3. The van der Waals surface area contributed by atoms with Crippen LogP contribution in [0.1, 0.15) is 5.82 Å². The predicted molar refractivity (Wildman–Crippen MR) is 47.8 cm³/mol. The van der Waals surface area contributed by atoms with Crippen molar-refractivity contribution in [3.63, 3.8) is 0 Å². The maximum absolute atomic E-state index is 5.59.